The summed E-state index contributed by atoms with van der Waals surface area (Å²) in [6, 6.07) is 2.23. The van der Waals surface area contributed by atoms with Gasteiger partial charge in [0.1, 0.15) is 11.5 Å². The number of nitrogens with two attached hydrogens (primary N) is 1. The van der Waals surface area contributed by atoms with Crippen LogP contribution in [-0.4, -0.2) is 24.6 Å². The molecule has 0 spiro atoms. The van der Waals surface area contributed by atoms with E-state index in [4.69, 9.17) is 5.73 Å². The van der Waals surface area contributed by atoms with Gasteiger partial charge in [-0.1, -0.05) is 6.08 Å². The number of allylic oxidation sites excluding steroid dienone is 2. The highest BCUT2D eigenvalue weighted by Crippen LogP contribution is 2.30. The van der Waals surface area contributed by atoms with E-state index in [1.807, 2.05) is 6.08 Å². The normalized spacial score (nSPS) is 20.8. The van der Waals surface area contributed by atoms with Crippen LogP contribution in [0.25, 0.3) is 0 Å². The van der Waals surface area contributed by atoms with Gasteiger partial charge in [0.15, 0.2) is 0 Å². The van der Waals surface area contributed by atoms with Crippen LogP contribution in [-0.2, 0) is 6.18 Å². The van der Waals surface area contributed by atoms with Gasteiger partial charge in [0.05, 0.1) is 11.9 Å². The predicted octanol–water partition coefficient (Wildman–Crippen LogP) is 2.73. The van der Waals surface area contributed by atoms with E-state index in [0.29, 0.717) is 17.4 Å². The van der Waals surface area contributed by atoms with Crippen LogP contribution in [0.1, 0.15) is 18.5 Å². The number of anilines is 1. The minimum atomic E-state index is -4.45. The van der Waals surface area contributed by atoms with E-state index in [1.54, 1.807) is 6.08 Å². The Kier molecular flexibility index (Phi) is 5.51. The van der Waals surface area contributed by atoms with Crippen molar-refractivity contribution in [2.75, 3.05) is 25.0 Å². The standard InChI is InChI=1S/C18H22F3N5/c19-18(20,21)16-3-2-14(10-25-16)26-17(22)4-1-13-9-24-11-15(13)12-5-7-23-8-6-12/h1-4,10-12,23-24,26H,5-9,22H2/b13-1+,17-4+. The van der Waals surface area contributed by atoms with E-state index in [9.17, 15) is 13.2 Å². The molecule has 0 bridgehead atoms. The maximum Gasteiger partial charge on any atom is 0.433 e. The molecule has 26 heavy (non-hydrogen) atoms. The van der Waals surface area contributed by atoms with Gasteiger partial charge in [-0.2, -0.15) is 13.2 Å². The fraction of sp³-hybridized carbons (Fsp3) is 0.389. The summed E-state index contributed by atoms with van der Waals surface area (Å²) in [5.41, 5.74) is 7.91. The number of alkyl halides is 3. The van der Waals surface area contributed by atoms with Crippen LogP contribution in [0, 0.1) is 5.92 Å². The molecule has 5 nitrogen and oxygen atoms in total. The summed E-state index contributed by atoms with van der Waals surface area (Å²) in [7, 11) is 0. The third-order valence-corrected chi connectivity index (χ3v) is 4.51. The number of aromatic nitrogens is 1. The lowest BCUT2D eigenvalue weighted by Gasteiger charge is -2.24. The molecule has 5 N–H and O–H groups in total. The van der Waals surface area contributed by atoms with E-state index < -0.39 is 11.9 Å². The molecule has 1 saturated heterocycles. The van der Waals surface area contributed by atoms with Gasteiger partial charge < -0.3 is 21.7 Å². The average molecular weight is 365 g/mol. The molecule has 140 valence electrons. The average Bonchev–Trinajstić information content (AvgIpc) is 3.09. The Morgan fingerprint density at radius 2 is 2.04 bits per heavy atom. The molecule has 0 saturated carbocycles. The number of hydrogen-bond acceptors (Lipinski definition) is 5. The Labute approximate surface area is 150 Å². The second-order valence-electron chi connectivity index (χ2n) is 6.37. The number of nitrogens with one attached hydrogen (secondary N) is 3. The zero-order valence-corrected chi connectivity index (χ0v) is 14.2. The SMILES string of the molecule is N/C(=C\C=C1/CNC=C1C1CCNCC1)Nc1ccc(C(F)(F)F)nc1. The lowest BCUT2D eigenvalue weighted by atomic mass is 9.87. The summed E-state index contributed by atoms with van der Waals surface area (Å²) in [6.45, 7) is 2.80. The number of nitrogens with zero attached hydrogens (tertiary/aromatic N) is 1. The molecule has 0 amide bonds. The van der Waals surface area contributed by atoms with E-state index >= 15 is 0 Å². The monoisotopic (exact) mass is 365 g/mol. The highest BCUT2D eigenvalue weighted by Gasteiger charge is 2.32. The molecular formula is C18H22F3N5. The zero-order valence-electron chi connectivity index (χ0n) is 14.2. The van der Waals surface area contributed by atoms with Crippen molar-refractivity contribution in [3.63, 3.8) is 0 Å². The summed E-state index contributed by atoms with van der Waals surface area (Å²) in [5.74, 6) is 0.884. The number of pyridine rings is 1. The van der Waals surface area contributed by atoms with Crippen LogP contribution in [0.4, 0.5) is 18.9 Å². The van der Waals surface area contributed by atoms with Crippen molar-refractivity contribution in [2.24, 2.45) is 11.7 Å². The molecule has 3 rings (SSSR count). The summed E-state index contributed by atoms with van der Waals surface area (Å²) >= 11 is 0. The molecule has 0 aliphatic carbocycles. The molecule has 1 aromatic rings. The topological polar surface area (TPSA) is 75.0 Å². The van der Waals surface area contributed by atoms with Gasteiger partial charge in [-0.25, -0.2) is 4.98 Å². The second kappa shape index (κ2) is 7.82. The van der Waals surface area contributed by atoms with E-state index in [-0.39, 0.29) is 0 Å². The van der Waals surface area contributed by atoms with Crippen LogP contribution < -0.4 is 21.7 Å². The Morgan fingerprint density at radius 1 is 1.27 bits per heavy atom. The van der Waals surface area contributed by atoms with E-state index in [2.05, 4.69) is 27.1 Å². The molecular weight excluding hydrogens is 343 g/mol. The molecule has 0 unspecified atom stereocenters. The van der Waals surface area contributed by atoms with Crippen LogP contribution in [0.5, 0.6) is 0 Å². The molecule has 0 atom stereocenters. The van der Waals surface area contributed by atoms with Gasteiger partial charge in [0.25, 0.3) is 0 Å². The van der Waals surface area contributed by atoms with Crippen LogP contribution in [0.15, 0.2) is 53.6 Å². The van der Waals surface area contributed by atoms with Crippen molar-refractivity contribution in [1.82, 2.24) is 15.6 Å². The molecule has 2 aliphatic rings. The third kappa shape index (κ3) is 4.57. The Hall–Kier alpha value is -2.48. The van der Waals surface area contributed by atoms with Gasteiger partial charge in [-0.05, 0) is 61.2 Å². The van der Waals surface area contributed by atoms with Crippen LogP contribution in [0.3, 0.4) is 0 Å². The highest BCUT2D eigenvalue weighted by atomic mass is 19.4. The fourth-order valence-electron chi connectivity index (χ4n) is 3.17. The van der Waals surface area contributed by atoms with E-state index in [1.165, 1.54) is 17.2 Å². The lowest BCUT2D eigenvalue weighted by molar-refractivity contribution is -0.141. The first kappa shape index (κ1) is 18.3. The molecule has 8 heteroatoms. The molecule has 3 heterocycles. The van der Waals surface area contributed by atoms with Gasteiger partial charge in [0, 0.05) is 12.7 Å². The van der Waals surface area contributed by atoms with Gasteiger partial charge in [-0.15, -0.1) is 0 Å². The van der Waals surface area contributed by atoms with Crippen molar-refractivity contribution in [3.8, 4) is 0 Å². The first-order chi connectivity index (χ1) is 12.4. The maximum atomic E-state index is 12.5. The molecule has 0 radical (unpaired) electrons. The summed E-state index contributed by atoms with van der Waals surface area (Å²) < 4.78 is 37.6. The highest BCUT2D eigenvalue weighted by molar-refractivity contribution is 5.48. The molecule has 2 aliphatic heterocycles. The van der Waals surface area contributed by atoms with Gasteiger partial charge in [0.2, 0.25) is 0 Å². The first-order valence-corrected chi connectivity index (χ1v) is 8.54. The van der Waals surface area contributed by atoms with Crippen molar-refractivity contribution < 1.29 is 13.2 Å². The minimum absolute atomic E-state index is 0.343. The van der Waals surface area contributed by atoms with Gasteiger partial charge >= 0.3 is 6.18 Å². The van der Waals surface area contributed by atoms with Crippen molar-refractivity contribution >= 4 is 5.69 Å². The number of hydrogen-bond donors (Lipinski definition) is 4. The number of halogens is 3. The summed E-state index contributed by atoms with van der Waals surface area (Å²) in [5, 5.41) is 9.47. The largest absolute Gasteiger partial charge is 0.433 e. The smallest absolute Gasteiger partial charge is 0.387 e. The Morgan fingerprint density at radius 3 is 2.69 bits per heavy atom. The van der Waals surface area contributed by atoms with E-state index in [0.717, 1.165) is 44.7 Å². The predicted molar refractivity (Wildman–Crippen MR) is 94.9 cm³/mol. The molecule has 1 fully saturated rings. The third-order valence-electron chi connectivity index (χ3n) is 4.51. The zero-order chi connectivity index (χ0) is 18.6. The lowest BCUT2D eigenvalue weighted by Crippen LogP contribution is -2.28. The second-order valence-corrected chi connectivity index (χ2v) is 6.37. The van der Waals surface area contributed by atoms with Crippen molar-refractivity contribution in [1.29, 1.82) is 0 Å². The quantitative estimate of drug-likeness (QED) is 0.660. The van der Waals surface area contributed by atoms with Crippen LogP contribution >= 0.6 is 0 Å². The minimum Gasteiger partial charge on any atom is -0.387 e. The number of rotatable bonds is 4. The number of piperidine rings is 1. The van der Waals surface area contributed by atoms with Crippen LogP contribution in [0.2, 0.25) is 0 Å². The molecule has 0 aromatic carbocycles. The molecule has 1 aromatic heterocycles. The van der Waals surface area contributed by atoms with Crippen molar-refractivity contribution in [2.45, 2.75) is 19.0 Å². The Bertz CT molecular complexity index is 713. The van der Waals surface area contributed by atoms with Gasteiger partial charge in [-0.3, -0.25) is 0 Å². The van der Waals surface area contributed by atoms with Crippen molar-refractivity contribution in [3.05, 3.63) is 59.3 Å². The maximum absolute atomic E-state index is 12.5. The summed E-state index contributed by atoms with van der Waals surface area (Å²) in [6.07, 6.45) is 4.64. The first-order valence-electron chi connectivity index (χ1n) is 8.54. The summed E-state index contributed by atoms with van der Waals surface area (Å²) in [4.78, 5) is 3.40. The fourth-order valence-corrected chi connectivity index (χ4v) is 3.17. The Balaban J connectivity index is 1.64.